The second kappa shape index (κ2) is 4.21. The SMILES string of the molecule is C=C(C=O)C(Br)c1ccccc1. The van der Waals surface area contributed by atoms with Gasteiger partial charge in [0.05, 0.1) is 4.83 Å². The quantitative estimate of drug-likeness (QED) is 0.439. The van der Waals surface area contributed by atoms with E-state index in [0.717, 1.165) is 11.8 Å². The number of halogens is 1. The summed E-state index contributed by atoms with van der Waals surface area (Å²) in [7, 11) is 0. The highest BCUT2D eigenvalue weighted by molar-refractivity contribution is 9.09. The van der Waals surface area contributed by atoms with E-state index in [0.29, 0.717) is 5.57 Å². The fraction of sp³-hybridized carbons (Fsp3) is 0.100. The summed E-state index contributed by atoms with van der Waals surface area (Å²) in [4.78, 5) is 10.3. The highest BCUT2D eigenvalue weighted by atomic mass is 79.9. The molecule has 0 aliphatic carbocycles. The van der Waals surface area contributed by atoms with Crippen molar-refractivity contribution in [1.82, 2.24) is 0 Å². The van der Waals surface area contributed by atoms with Gasteiger partial charge >= 0.3 is 0 Å². The van der Waals surface area contributed by atoms with E-state index in [-0.39, 0.29) is 4.83 Å². The Morgan fingerprint density at radius 3 is 2.50 bits per heavy atom. The van der Waals surface area contributed by atoms with Crippen LogP contribution in [0.4, 0.5) is 0 Å². The van der Waals surface area contributed by atoms with E-state index in [1.54, 1.807) is 0 Å². The van der Waals surface area contributed by atoms with Crippen LogP contribution in [0.25, 0.3) is 0 Å². The average Bonchev–Trinajstić information content (AvgIpc) is 2.17. The maximum Gasteiger partial charge on any atom is 0.146 e. The average molecular weight is 225 g/mol. The van der Waals surface area contributed by atoms with Crippen LogP contribution in [-0.4, -0.2) is 6.29 Å². The Labute approximate surface area is 80.2 Å². The van der Waals surface area contributed by atoms with E-state index in [1.165, 1.54) is 0 Å². The summed E-state index contributed by atoms with van der Waals surface area (Å²) >= 11 is 3.38. The molecule has 1 unspecified atom stereocenters. The van der Waals surface area contributed by atoms with Gasteiger partial charge in [0.2, 0.25) is 0 Å². The molecule has 0 spiro atoms. The van der Waals surface area contributed by atoms with E-state index < -0.39 is 0 Å². The van der Waals surface area contributed by atoms with Crippen LogP contribution in [0.1, 0.15) is 10.4 Å². The lowest BCUT2D eigenvalue weighted by atomic mass is 10.1. The van der Waals surface area contributed by atoms with Crippen molar-refractivity contribution in [3.05, 3.63) is 48.0 Å². The fourth-order valence-corrected chi connectivity index (χ4v) is 1.31. The Morgan fingerprint density at radius 2 is 2.00 bits per heavy atom. The largest absolute Gasteiger partial charge is 0.298 e. The van der Waals surface area contributed by atoms with E-state index in [9.17, 15) is 4.79 Å². The van der Waals surface area contributed by atoms with E-state index in [4.69, 9.17) is 0 Å². The third kappa shape index (κ3) is 2.05. The van der Waals surface area contributed by atoms with Gasteiger partial charge in [0, 0.05) is 5.57 Å². The minimum atomic E-state index is -0.0591. The number of aldehydes is 1. The minimum Gasteiger partial charge on any atom is -0.298 e. The molecule has 1 aromatic rings. The van der Waals surface area contributed by atoms with Gasteiger partial charge in [-0.3, -0.25) is 4.79 Å². The first-order valence-corrected chi connectivity index (χ1v) is 4.50. The van der Waals surface area contributed by atoms with Crippen LogP contribution in [0, 0.1) is 0 Å². The van der Waals surface area contributed by atoms with Crippen LogP contribution < -0.4 is 0 Å². The summed E-state index contributed by atoms with van der Waals surface area (Å²) in [5.74, 6) is 0. The smallest absolute Gasteiger partial charge is 0.146 e. The Kier molecular flexibility index (Phi) is 3.23. The van der Waals surface area contributed by atoms with Crippen molar-refractivity contribution in [2.45, 2.75) is 4.83 Å². The summed E-state index contributed by atoms with van der Waals surface area (Å²) < 4.78 is 0. The van der Waals surface area contributed by atoms with Gasteiger partial charge in [-0.1, -0.05) is 52.8 Å². The summed E-state index contributed by atoms with van der Waals surface area (Å²) in [5, 5.41) is 0. The predicted octanol–water partition coefficient (Wildman–Crippen LogP) is 2.88. The van der Waals surface area contributed by atoms with Crippen LogP contribution in [0.15, 0.2) is 42.5 Å². The van der Waals surface area contributed by atoms with Gasteiger partial charge in [-0.2, -0.15) is 0 Å². The molecule has 2 heteroatoms. The number of benzene rings is 1. The summed E-state index contributed by atoms with van der Waals surface area (Å²) in [6.45, 7) is 3.63. The van der Waals surface area contributed by atoms with Gasteiger partial charge in [0.15, 0.2) is 0 Å². The summed E-state index contributed by atoms with van der Waals surface area (Å²) in [5.41, 5.74) is 1.59. The van der Waals surface area contributed by atoms with Gasteiger partial charge in [-0.25, -0.2) is 0 Å². The summed E-state index contributed by atoms with van der Waals surface area (Å²) in [6.07, 6.45) is 0.770. The van der Waals surface area contributed by atoms with Crippen LogP contribution in [-0.2, 0) is 4.79 Å². The van der Waals surface area contributed by atoms with Crippen molar-refractivity contribution >= 4 is 22.2 Å². The number of hydrogen-bond acceptors (Lipinski definition) is 1. The molecule has 1 rings (SSSR count). The van der Waals surface area contributed by atoms with Crippen molar-refractivity contribution in [2.75, 3.05) is 0 Å². The molecule has 0 N–H and O–H groups in total. The molecule has 0 aromatic heterocycles. The van der Waals surface area contributed by atoms with Gasteiger partial charge < -0.3 is 0 Å². The number of carbonyl (C=O) groups excluding carboxylic acids is 1. The minimum absolute atomic E-state index is 0.0591. The lowest BCUT2D eigenvalue weighted by molar-refractivity contribution is -0.104. The van der Waals surface area contributed by atoms with Crippen molar-refractivity contribution in [3.8, 4) is 0 Å². The number of rotatable bonds is 3. The summed E-state index contributed by atoms with van der Waals surface area (Å²) in [6, 6.07) is 9.71. The lowest BCUT2D eigenvalue weighted by Crippen LogP contribution is -1.93. The third-order valence-corrected chi connectivity index (χ3v) is 2.69. The second-order valence-electron chi connectivity index (χ2n) is 2.47. The fourth-order valence-electron chi connectivity index (χ4n) is 0.896. The van der Waals surface area contributed by atoms with E-state index in [1.807, 2.05) is 30.3 Å². The molecule has 0 saturated carbocycles. The Balaban J connectivity index is 2.85. The standard InChI is InChI=1S/C10H9BrO/c1-8(7-12)10(11)9-5-3-2-4-6-9/h2-7,10H,1H2. The number of hydrogen-bond donors (Lipinski definition) is 0. The molecule has 12 heavy (non-hydrogen) atoms. The first kappa shape index (κ1) is 9.20. The topological polar surface area (TPSA) is 17.1 Å². The van der Waals surface area contributed by atoms with Crippen LogP contribution in [0.3, 0.4) is 0 Å². The van der Waals surface area contributed by atoms with Crippen molar-refractivity contribution in [1.29, 1.82) is 0 Å². The van der Waals surface area contributed by atoms with Crippen molar-refractivity contribution in [2.24, 2.45) is 0 Å². The molecule has 1 atom stereocenters. The van der Waals surface area contributed by atoms with E-state index >= 15 is 0 Å². The maximum atomic E-state index is 10.4. The molecule has 1 aromatic carbocycles. The molecule has 62 valence electrons. The molecule has 1 nitrogen and oxygen atoms in total. The van der Waals surface area contributed by atoms with E-state index in [2.05, 4.69) is 22.5 Å². The molecule has 0 saturated heterocycles. The van der Waals surface area contributed by atoms with Gasteiger partial charge in [-0.05, 0) is 5.56 Å². The second-order valence-corrected chi connectivity index (χ2v) is 3.38. The number of carbonyl (C=O) groups is 1. The molecule has 0 fully saturated rings. The third-order valence-electron chi connectivity index (χ3n) is 1.57. The molecule has 0 heterocycles. The molecule has 0 aliphatic rings. The molecule has 0 bridgehead atoms. The van der Waals surface area contributed by atoms with Crippen molar-refractivity contribution in [3.63, 3.8) is 0 Å². The maximum absolute atomic E-state index is 10.4. The molecule has 0 aliphatic heterocycles. The van der Waals surface area contributed by atoms with Crippen LogP contribution >= 0.6 is 15.9 Å². The van der Waals surface area contributed by atoms with Crippen LogP contribution in [0.5, 0.6) is 0 Å². The first-order valence-electron chi connectivity index (χ1n) is 3.58. The molecular weight excluding hydrogens is 216 g/mol. The molecular formula is C10H9BrO. The highest BCUT2D eigenvalue weighted by Crippen LogP contribution is 2.27. The highest BCUT2D eigenvalue weighted by Gasteiger charge is 2.08. The monoisotopic (exact) mass is 224 g/mol. The first-order chi connectivity index (χ1) is 5.75. The van der Waals surface area contributed by atoms with Gasteiger partial charge in [0.25, 0.3) is 0 Å². The zero-order valence-corrected chi connectivity index (χ0v) is 8.12. The van der Waals surface area contributed by atoms with Crippen LogP contribution in [0.2, 0.25) is 0 Å². The van der Waals surface area contributed by atoms with Gasteiger partial charge in [-0.15, -0.1) is 0 Å². The molecule has 0 amide bonds. The zero-order chi connectivity index (χ0) is 8.97. The lowest BCUT2D eigenvalue weighted by Gasteiger charge is -2.07. The zero-order valence-electron chi connectivity index (χ0n) is 6.53. The van der Waals surface area contributed by atoms with Gasteiger partial charge in [0.1, 0.15) is 6.29 Å². The normalized spacial score (nSPS) is 12.1. The number of allylic oxidation sites excluding steroid dienone is 1. The Bertz CT molecular complexity index is 279. The Morgan fingerprint density at radius 1 is 1.42 bits per heavy atom. The molecule has 0 radical (unpaired) electrons. The number of alkyl halides is 1. The Hall–Kier alpha value is -0.890. The predicted molar refractivity (Wildman–Crippen MR) is 53.3 cm³/mol. The van der Waals surface area contributed by atoms with Crippen molar-refractivity contribution < 1.29 is 4.79 Å².